The zero-order valence-corrected chi connectivity index (χ0v) is 9.29. The first-order valence-corrected chi connectivity index (χ1v) is 4.94. The lowest BCUT2D eigenvalue weighted by Gasteiger charge is -2.10. The summed E-state index contributed by atoms with van der Waals surface area (Å²) in [5.74, 6) is 0.0253. The van der Waals surface area contributed by atoms with Gasteiger partial charge < -0.3 is 4.74 Å². The summed E-state index contributed by atoms with van der Waals surface area (Å²) in [4.78, 5) is 3.81. The molecule has 0 N–H and O–H groups in total. The van der Waals surface area contributed by atoms with E-state index in [2.05, 4.69) is 30.7 Å². The summed E-state index contributed by atoms with van der Waals surface area (Å²) in [5, 5.41) is 3.79. The van der Waals surface area contributed by atoms with Crippen LogP contribution in [0.1, 0.15) is 0 Å². The van der Waals surface area contributed by atoms with Crippen molar-refractivity contribution in [3.05, 3.63) is 23.1 Å². The maximum Gasteiger partial charge on any atom is 0.422 e. The summed E-state index contributed by atoms with van der Waals surface area (Å²) in [6.45, 7) is -1.36. The van der Waals surface area contributed by atoms with E-state index in [0.717, 1.165) is 0 Å². The van der Waals surface area contributed by atoms with Crippen molar-refractivity contribution in [2.75, 3.05) is 6.61 Å². The maximum atomic E-state index is 12.0. The lowest BCUT2D eigenvalue weighted by Crippen LogP contribution is -2.19. The number of rotatable bonds is 2. The van der Waals surface area contributed by atoms with E-state index < -0.39 is 12.8 Å². The monoisotopic (exact) mass is 295 g/mol. The van der Waals surface area contributed by atoms with Crippen molar-refractivity contribution in [1.29, 1.82) is 0 Å². The molecule has 0 atom stereocenters. The number of hydrogen-bond acceptors (Lipinski definition) is 3. The molecular formula is C8H5BrF3N3O. The highest BCUT2D eigenvalue weighted by molar-refractivity contribution is 9.10. The van der Waals surface area contributed by atoms with E-state index in [9.17, 15) is 13.2 Å². The Kier molecular flexibility index (Phi) is 2.75. The number of pyridine rings is 1. The van der Waals surface area contributed by atoms with Gasteiger partial charge in [0.1, 0.15) is 6.33 Å². The van der Waals surface area contributed by atoms with Gasteiger partial charge in [0.2, 0.25) is 0 Å². The molecule has 2 aromatic rings. The van der Waals surface area contributed by atoms with E-state index >= 15 is 0 Å². The molecule has 0 aromatic carbocycles. The van der Waals surface area contributed by atoms with Crippen LogP contribution in [0.2, 0.25) is 0 Å². The number of alkyl halides is 3. The molecule has 0 aliphatic heterocycles. The second kappa shape index (κ2) is 3.93. The third kappa shape index (κ3) is 2.26. The van der Waals surface area contributed by atoms with Gasteiger partial charge in [-0.25, -0.2) is 9.50 Å². The molecular weight excluding hydrogens is 291 g/mol. The van der Waals surface area contributed by atoms with Crippen LogP contribution in [-0.4, -0.2) is 27.4 Å². The van der Waals surface area contributed by atoms with Gasteiger partial charge in [-0.15, -0.1) is 0 Å². The molecule has 0 radical (unpaired) electrons. The second-order valence-electron chi connectivity index (χ2n) is 2.92. The molecule has 0 saturated heterocycles. The summed E-state index contributed by atoms with van der Waals surface area (Å²) in [7, 11) is 0. The Morgan fingerprint density at radius 2 is 2.19 bits per heavy atom. The van der Waals surface area contributed by atoms with Gasteiger partial charge in [0.25, 0.3) is 0 Å². The molecule has 2 rings (SSSR count). The topological polar surface area (TPSA) is 39.4 Å². The fraction of sp³-hybridized carbons (Fsp3) is 0.250. The molecule has 8 heteroatoms. The fourth-order valence-electron chi connectivity index (χ4n) is 1.13. The van der Waals surface area contributed by atoms with Crippen molar-refractivity contribution in [1.82, 2.24) is 14.6 Å². The molecule has 0 aliphatic carbocycles. The Bertz CT molecular complexity index is 511. The maximum absolute atomic E-state index is 12.0. The van der Waals surface area contributed by atoms with Crippen molar-refractivity contribution < 1.29 is 17.9 Å². The minimum atomic E-state index is -4.38. The summed E-state index contributed by atoms with van der Waals surface area (Å²) in [6.07, 6.45) is -1.58. The lowest BCUT2D eigenvalue weighted by molar-refractivity contribution is -0.153. The zero-order valence-electron chi connectivity index (χ0n) is 7.70. The van der Waals surface area contributed by atoms with Crippen molar-refractivity contribution in [2.24, 2.45) is 0 Å². The van der Waals surface area contributed by atoms with Crippen molar-refractivity contribution >= 4 is 21.6 Å². The fourth-order valence-corrected chi connectivity index (χ4v) is 1.54. The van der Waals surface area contributed by atoms with Crippen LogP contribution in [0, 0.1) is 0 Å². The van der Waals surface area contributed by atoms with Gasteiger partial charge in [-0.3, -0.25) is 0 Å². The molecule has 0 saturated carbocycles. The van der Waals surface area contributed by atoms with Gasteiger partial charge >= 0.3 is 6.18 Å². The lowest BCUT2D eigenvalue weighted by atomic mass is 10.4. The number of halogens is 4. The first-order valence-electron chi connectivity index (χ1n) is 4.15. The first-order chi connectivity index (χ1) is 7.47. The van der Waals surface area contributed by atoms with Crippen LogP contribution in [0.5, 0.6) is 5.75 Å². The molecule has 0 spiro atoms. The van der Waals surface area contributed by atoms with Crippen LogP contribution >= 0.6 is 15.9 Å². The summed E-state index contributed by atoms with van der Waals surface area (Å²) in [6, 6.07) is 1.54. The van der Waals surface area contributed by atoms with E-state index in [1.807, 2.05) is 0 Å². The van der Waals surface area contributed by atoms with Gasteiger partial charge in [-0.1, -0.05) is 0 Å². The molecule has 4 nitrogen and oxygen atoms in total. The molecule has 2 heterocycles. The van der Waals surface area contributed by atoms with Crippen LogP contribution in [0.15, 0.2) is 23.1 Å². The average molecular weight is 296 g/mol. The van der Waals surface area contributed by atoms with Gasteiger partial charge in [0.15, 0.2) is 18.0 Å². The summed E-state index contributed by atoms with van der Waals surface area (Å²) >= 11 is 3.10. The third-order valence-corrected chi connectivity index (χ3v) is 2.36. The Hall–Kier alpha value is -1.31. The summed E-state index contributed by atoms with van der Waals surface area (Å²) < 4.78 is 42.5. The molecule has 16 heavy (non-hydrogen) atoms. The highest BCUT2D eigenvalue weighted by Gasteiger charge is 2.29. The standard InChI is InChI=1S/C8H5BrF3N3O/c9-5-1-2-15-7(13-4-14-15)6(5)16-3-8(10,11)12/h1-2,4H,3H2. The Morgan fingerprint density at radius 1 is 1.44 bits per heavy atom. The van der Waals surface area contributed by atoms with Crippen LogP contribution in [0.4, 0.5) is 13.2 Å². The van der Waals surface area contributed by atoms with Crippen molar-refractivity contribution in [3.63, 3.8) is 0 Å². The van der Waals surface area contributed by atoms with Crippen molar-refractivity contribution in [2.45, 2.75) is 6.18 Å². The van der Waals surface area contributed by atoms with Gasteiger partial charge in [-0.05, 0) is 22.0 Å². The van der Waals surface area contributed by atoms with E-state index in [0.29, 0.717) is 4.47 Å². The Morgan fingerprint density at radius 3 is 2.88 bits per heavy atom. The minimum Gasteiger partial charge on any atom is -0.479 e. The summed E-state index contributed by atoms with van der Waals surface area (Å²) in [5.41, 5.74) is 0.235. The average Bonchev–Trinajstić information content (AvgIpc) is 2.62. The van der Waals surface area contributed by atoms with Gasteiger partial charge in [0, 0.05) is 6.20 Å². The normalized spacial score (nSPS) is 12.0. The van der Waals surface area contributed by atoms with Crippen LogP contribution in [0.25, 0.3) is 5.65 Å². The molecule has 0 amide bonds. The van der Waals surface area contributed by atoms with Crippen LogP contribution in [0.3, 0.4) is 0 Å². The first kappa shape index (κ1) is 11.2. The minimum absolute atomic E-state index is 0.0253. The highest BCUT2D eigenvalue weighted by atomic mass is 79.9. The predicted octanol–water partition coefficient (Wildman–Crippen LogP) is 2.43. The number of nitrogens with zero attached hydrogens (tertiary/aromatic N) is 3. The SMILES string of the molecule is FC(F)(F)COc1c(Br)ccn2ncnc12. The third-order valence-electron chi connectivity index (χ3n) is 1.74. The number of hydrogen-bond donors (Lipinski definition) is 0. The van der Waals surface area contributed by atoms with E-state index in [1.54, 1.807) is 6.20 Å². The van der Waals surface area contributed by atoms with Gasteiger partial charge in [0.05, 0.1) is 4.47 Å². The highest BCUT2D eigenvalue weighted by Crippen LogP contribution is 2.29. The smallest absolute Gasteiger partial charge is 0.422 e. The molecule has 0 bridgehead atoms. The van der Waals surface area contributed by atoms with Gasteiger partial charge in [-0.2, -0.15) is 18.3 Å². The second-order valence-corrected chi connectivity index (χ2v) is 3.78. The molecule has 0 unspecified atom stereocenters. The number of ether oxygens (including phenoxy) is 1. The number of aromatic nitrogens is 3. The predicted molar refractivity (Wildman–Crippen MR) is 52.2 cm³/mol. The van der Waals surface area contributed by atoms with E-state index in [4.69, 9.17) is 0 Å². The van der Waals surface area contributed by atoms with Crippen LogP contribution < -0.4 is 4.74 Å². The zero-order chi connectivity index (χ0) is 11.8. The van der Waals surface area contributed by atoms with E-state index in [-0.39, 0.29) is 11.4 Å². The van der Waals surface area contributed by atoms with Crippen LogP contribution in [-0.2, 0) is 0 Å². The molecule has 2 aromatic heterocycles. The number of fused-ring (bicyclic) bond motifs is 1. The molecule has 0 fully saturated rings. The molecule has 0 aliphatic rings. The van der Waals surface area contributed by atoms with E-state index in [1.165, 1.54) is 16.9 Å². The Labute approximate surface area is 96.2 Å². The Balaban J connectivity index is 2.35. The van der Waals surface area contributed by atoms with Crippen molar-refractivity contribution in [3.8, 4) is 5.75 Å². The molecule has 86 valence electrons. The quantitative estimate of drug-likeness (QED) is 0.854. The largest absolute Gasteiger partial charge is 0.479 e.